The first-order valence-electron chi connectivity index (χ1n) is 4.82. The van der Waals surface area contributed by atoms with Crippen molar-refractivity contribution in [3.8, 4) is 0 Å². The van der Waals surface area contributed by atoms with E-state index >= 15 is 0 Å². The van der Waals surface area contributed by atoms with Crippen molar-refractivity contribution in [3.05, 3.63) is 17.1 Å². The third-order valence-corrected chi connectivity index (χ3v) is 3.63. The predicted octanol–water partition coefficient (Wildman–Crippen LogP) is 2.55. The minimum atomic E-state index is -0.513. The van der Waals surface area contributed by atoms with E-state index in [2.05, 4.69) is 9.75 Å². The molecule has 1 fully saturated rings. The van der Waals surface area contributed by atoms with Gasteiger partial charge in [-0.3, -0.25) is 0 Å². The van der Waals surface area contributed by atoms with Crippen molar-refractivity contribution in [2.75, 3.05) is 0 Å². The van der Waals surface area contributed by atoms with Crippen LogP contribution in [-0.4, -0.2) is 15.1 Å². The highest BCUT2D eigenvalue weighted by atomic mass is 32.1. The molecule has 1 aromatic heterocycles. The monoisotopic (exact) mass is 197 g/mol. The maximum absolute atomic E-state index is 10.2. The summed E-state index contributed by atoms with van der Waals surface area (Å²) in [5, 5.41) is 12.2. The van der Waals surface area contributed by atoms with Gasteiger partial charge < -0.3 is 5.11 Å². The number of hydrogen-bond donors (Lipinski definition) is 1. The van der Waals surface area contributed by atoms with E-state index in [4.69, 9.17) is 0 Å². The molecule has 2 rings (SSSR count). The summed E-state index contributed by atoms with van der Waals surface area (Å²) < 4.78 is 4.09. The van der Waals surface area contributed by atoms with Crippen molar-refractivity contribution in [1.82, 2.24) is 4.37 Å². The van der Waals surface area contributed by atoms with Crippen LogP contribution < -0.4 is 0 Å². The van der Waals surface area contributed by atoms with Gasteiger partial charge >= 0.3 is 0 Å². The van der Waals surface area contributed by atoms with Gasteiger partial charge in [0.15, 0.2) is 0 Å². The smallest absolute Gasteiger partial charge is 0.0688 e. The zero-order chi connectivity index (χ0) is 9.31. The number of aromatic nitrogens is 1. The first-order valence-corrected chi connectivity index (χ1v) is 5.65. The molecule has 1 saturated carbocycles. The van der Waals surface area contributed by atoms with Gasteiger partial charge in [0.25, 0.3) is 0 Å². The molecule has 0 aliphatic heterocycles. The van der Waals surface area contributed by atoms with Gasteiger partial charge in [-0.2, -0.15) is 0 Å². The van der Waals surface area contributed by atoms with E-state index in [1.54, 1.807) is 0 Å². The SMILES string of the molecule is C[C@@]1(O)CCCC[C@H]1c1cnsc1. The molecular weight excluding hydrogens is 182 g/mol. The predicted molar refractivity (Wildman–Crippen MR) is 53.9 cm³/mol. The third-order valence-electron chi connectivity index (χ3n) is 3.03. The fourth-order valence-electron chi connectivity index (χ4n) is 2.23. The Morgan fingerprint density at radius 1 is 1.62 bits per heavy atom. The lowest BCUT2D eigenvalue weighted by Gasteiger charge is -2.36. The molecule has 0 spiro atoms. The second kappa shape index (κ2) is 3.39. The van der Waals surface area contributed by atoms with Gasteiger partial charge in [0.05, 0.1) is 5.60 Å². The minimum absolute atomic E-state index is 0.306. The average Bonchev–Trinajstić information content (AvgIpc) is 2.55. The topological polar surface area (TPSA) is 33.1 Å². The number of hydrogen-bond acceptors (Lipinski definition) is 3. The summed E-state index contributed by atoms with van der Waals surface area (Å²) in [5.41, 5.74) is 0.704. The molecule has 1 N–H and O–H groups in total. The first kappa shape index (κ1) is 9.16. The van der Waals surface area contributed by atoms with Crippen LogP contribution in [0.15, 0.2) is 11.6 Å². The highest BCUT2D eigenvalue weighted by Gasteiger charge is 2.35. The second-order valence-electron chi connectivity index (χ2n) is 4.11. The van der Waals surface area contributed by atoms with Crippen LogP contribution in [-0.2, 0) is 0 Å². The normalized spacial score (nSPS) is 34.8. The van der Waals surface area contributed by atoms with Crippen LogP contribution in [0.1, 0.15) is 44.1 Å². The molecule has 0 aromatic carbocycles. The van der Waals surface area contributed by atoms with Crippen LogP contribution in [0.5, 0.6) is 0 Å². The Morgan fingerprint density at radius 3 is 3.08 bits per heavy atom. The van der Waals surface area contributed by atoms with Gasteiger partial charge in [0, 0.05) is 17.5 Å². The molecule has 0 radical (unpaired) electrons. The molecule has 0 unspecified atom stereocenters. The molecule has 13 heavy (non-hydrogen) atoms. The highest BCUT2D eigenvalue weighted by molar-refractivity contribution is 7.03. The van der Waals surface area contributed by atoms with Gasteiger partial charge in [-0.25, -0.2) is 4.37 Å². The highest BCUT2D eigenvalue weighted by Crippen LogP contribution is 2.40. The number of rotatable bonds is 1. The van der Waals surface area contributed by atoms with Gasteiger partial charge in [0.1, 0.15) is 0 Å². The minimum Gasteiger partial charge on any atom is -0.390 e. The Labute approximate surface area is 82.8 Å². The first-order chi connectivity index (χ1) is 6.20. The van der Waals surface area contributed by atoms with Gasteiger partial charge in [-0.15, -0.1) is 0 Å². The van der Waals surface area contributed by atoms with Crippen LogP contribution >= 0.6 is 11.5 Å². The van der Waals surface area contributed by atoms with E-state index in [1.807, 2.05) is 13.1 Å². The Hall–Kier alpha value is -0.410. The van der Waals surface area contributed by atoms with Crippen molar-refractivity contribution in [3.63, 3.8) is 0 Å². The molecule has 72 valence electrons. The number of aliphatic hydroxyl groups is 1. The lowest BCUT2D eigenvalue weighted by molar-refractivity contribution is 0.000730. The third kappa shape index (κ3) is 1.76. The Balaban J connectivity index is 2.21. The molecular formula is C10H15NOS. The molecule has 1 aliphatic carbocycles. The van der Waals surface area contributed by atoms with Gasteiger partial charge in [-0.05, 0) is 36.9 Å². The zero-order valence-electron chi connectivity index (χ0n) is 7.86. The fourth-order valence-corrected chi connectivity index (χ4v) is 2.82. The number of nitrogens with zero attached hydrogens (tertiary/aromatic N) is 1. The molecule has 1 aromatic rings. The van der Waals surface area contributed by atoms with Crippen molar-refractivity contribution in [1.29, 1.82) is 0 Å². The van der Waals surface area contributed by atoms with E-state index < -0.39 is 5.60 Å². The molecule has 0 bridgehead atoms. The summed E-state index contributed by atoms with van der Waals surface area (Å²) in [6.45, 7) is 1.95. The van der Waals surface area contributed by atoms with E-state index in [-0.39, 0.29) is 0 Å². The van der Waals surface area contributed by atoms with Crippen molar-refractivity contribution in [2.24, 2.45) is 0 Å². The van der Waals surface area contributed by atoms with Crippen molar-refractivity contribution < 1.29 is 5.11 Å². The van der Waals surface area contributed by atoms with Crippen molar-refractivity contribution in [2.45, 2.75) is 44.1 Å². The Bertz CT molecular complexity index is 268. The van der Waals surface area contributed by atoms with Crippen molar-refractivity contribution >= 4 is 11.5 Å². The molecule has 1 aliphatic rings. The zero-order valence-corrected chi connectivity index (χ0v) is 8.68. The largest absolute Gasteiger partial charge is 0.390 e. The van der Waals surface area contributed by atoms with Crippen LogP contribution in [0.3, 0.4) is 0 Å². The van der Waals surface area contributed by atoms with Crippen LogP contribution in [0, 0.1) is 0 Å². The van der Waals surface area contributed by atoms with Crippen LogP contribution in [0.25, 0.3) is 0 Å². The maximum atomic E-state index is 10.2. The average molecular weight is 197 g/mol. The molecule has 3 heteroatoms. The lowest BCUT2D eigenvalue weighted by Crippen LogP contribution is -2.35. The summed E-state index contributed by atoms with van der Waals surface area (Å²) in [7, 11) is 0. The summed E-state index contributed by atoms with van der Waals surface area (Å²) in [6.07, 6.45) is 6.31. The Kier molecular flexibility index (Phi) is 2.39. The Morgan fingerprint density at radius 2 is 2.46 bits per heavy atom. The summed E-state index contributed by atoms with van der Waals surface area (Å²) in [6, 6.07) is 0. The van der Waals surface area contributed by atoms with Gasteiger partial charge in [-0.1, -0.05) is 12.8 Å². The molecule has 1 heterocycles. The lowest BCUT2D eigenvalue weighted by atomic mass is 9.74. The molecule has 2 nitrogen and oxygen atoms in total. The van der Waals surface area contributed by atoms with Crippen LogP contribution in [0.4, 0.5) is 0 Å². The summed E-state index contributed by atoms with van der Waals surface area (Å²) >= 11 is 1.47. The second-order valence-corrected chi connectivity index (χ2v) is 4.77. The molecule has 0 saturated heterocycles. The van der Waals surface area contributed by atoms with Crippen LogP contribution in [0.2, 0.25) is 0 Å². The van der Waals surface area contributed by atoms with E-state index in [0.717, 1.165) is 19.3 Å². The fraction of sp³-hybridized carbons (Fsp3) is 0.700. The maximum Gasteiger partial charge on any atom is 0.0688 e. The standard InChI is InChI=1S/C10H15NOS/c1-10(12)5-3-2-4-9(10)8-6-11-13-7-8/h6-7,9,12H,2-5H2,1H3/t9-,10+/m0/s1. The van der Waals surface area contributed by atoms with E-state index in [1.165, 1.54) is 23.5 Å². The van der Waals surface area contributed by atoms with Gasteiger partial charge in [0.2, 0.25) is 0 Å². The quantitative estimate of drug-likeness (QED) is 0.750. The molecule has 2 atom stereocenters. The molecule has 0 amide bonds. The van der Waals surface area contributed by atoms with E-state index in [9.17, 15) is 5.11 Å². The summed E-state index contributed by atoms with van der Waals surface area (Å²) in [5.74, 6) is 0.306. The summed E-state index contributed by atoms with van der Waals surface area (Å²) in [4.78, 5) is 0. The van der Waals surface area contributed by atoms with E-state index in [0.29, 0.717) is 5.92 Å².